The van der Waals surface area contributed by atoms with Crippen molar-refractivity contribution < 1.29 is 9.90 Å². The molecule has 0 amide bonds. The van der Waals surface area contributed by atoms with Gasteiger partial charge in [0, 0.05) is 5.69 Å². The second-order valence-electron chi connectivity index (χ2n) is 3.90. The van der Waals surface area contributed by atoms with Crippen LogP contribution in [0.25, 0.3) is 0 Å². The van der Waals surface area contributed by atoms with E-state index < -0.39 is 5.97 Å². The Bertz CT molecular complexity index is 386. The molecule has 0 aromatic heterocycles. The Labute approximate surface area is 96.5 Å². The molecule has 0 bridgehead atoms. The predicted octanol–water partition coefficient (Wildman–Crippen LogP) is 2.62. The van der Waals surface area contributed by atoms with E-state index in [2.05, 4.69) is 31.3 Å². The third kappa shape index (κ3) is 2.99. The maximum Gasteiger partial charge on any atom is 0.322 e. The van der Waals surface area contributed by atoms with Gasteiger partial charge in [-0.25, -0.2) is 0 Å². The molecule has 1 rings (SSSR count). The minimum absolute atomic E-state index is 0.0285. The van der Waals surface area contributed by atoms with Gasteiger partial charge in [0.2, 0.25) is 0 Å². The molecule has 0 aliphatic rings. The molecular formula is C13H19NO2. The summed E-state index contributed by atoms with van der Waals surface area (Å²) in [6.07, 6.45) is 1.92. The van der Waals surface area contributed by atoms with Crippen LogP contribution in [0.3, 0.4) is 0 Å². The van der Waals surface area contributed by atoms with Gasteiger partial charge in [0.1, 0.15) is 6.54 Å². The smallest absolute Gasteiger partial charge is 0.322 e. The van der Waals surface area contributed by atoms with Crippen molar-refractivity contribution in [3.05, 3.63) is 28.8 Å². The van der Waals surface area contributed by atoms with E-state index in [9.17, 15) is 4.79 Å². The van der Waals surface area contributed by atoms with Gasteiger partial charge in [-0.15, -0.1) is 0 Å². The Morgan fingerprint density at radius 2 is 2.00 bits per heavy atom. The molecule has 0 aliphatic heterocycles. The highest BCUT2D eigenvalue weighted by Gasteiger charge is 2.07. The summed E-state index contributed by atoms with van der Waals surface area (Å²) in [6, 6.07) is 4.26. The van der Waals surface area contributed by atoms with Crippen LogP contribution in [0.15, 0.2) is 12.1 Å². The van der Waals surface area contributed by atoms with Crippen LogP contribution in [0, 0.1) is 6.92 Å². The molecule has 0 spiro atoms. The second-order valence-corrected chi connectivity index (χ2v) is 3.90. The van der Waals surface area contributed by atoms with Gasteiger partial charge >= 0.3 is 5.97 Å². The maximum atomic E-state index is 10.5. The molecule has 88 valence electrons. The number of hydrogen-bond donors (Lipinski definition) is 2. The number of nitrogens with one attached hydrogen (secondary N) is 1. The van der Waals surface area contributed by atoms with Crippen molar-refractivity contribution in [2.24, 2.45) is 0 Å². The van der Waals surface area contributed by atoms with E-state index in [1.54, 1.807) is 0 Å². The van der Waals surface area contributed by atoms with Crippen LogP contribution in [0.2, 0.25) is 0 Å². The molecular weight excluding hydrogens is 202 g/mol. The minimum Gasteiger partial charge on any atom is -0.480 e. The first-order valence-corrected chi connectivity index (χ1v) is 5.66. The molecule has 0 heterocycles. The lowest BCUT2D eigenvalue weighted by Crippen LogP contribution is -2.14. The van der Waals surface area contributed by atoms with Crippen molar-refractivity contribution in [3.63, 3.8) is 0 Å². The maximum absolute atomic E-state index is 10.5. The highest BCUT2D eigenvalue weighted by Crippen LogP contribution is 2.23. The van der Waals surface area contributed by atoms with Crippen LogP contribution in [-0.2, 0) is 17.6 Å². The average molecular weight is 221 g/mol. The highest BCUT2D eigenvalue weighted by molar-refractivity contribution is 5.74. The molecule has 3 heteroatoms. The summed E-state index contributed by atoms with van der Waals surface area (Å²) in [7, 11) is 0. The highest BCUT2D eigenvalue weighted by atomic mass is 16.4. The first-order valence-electron chi connectivity index (χ1n) is 5.66. The lowest BCUT2D eigenvalue weighted by atomic mass is 10.00. The van der Waals surface area contributed by atoms with Gasteiger partial charge in [0.25, 0.3) is 0 Å². The van der Waals surface area contributed by atoms with Gasteiger partial charge in [-0.2, -0.15) is 0 Å². The molecule has 0 atom stereocenters. The van der Waals surface area contributed by atoms with E-state index in [-0.39, 0.29) is 6.54 Å². The number of rotatable bonds is 5. The fourth-order valence-electron chi connectivity index (χ4n) is 1.84. The quantitative estimate of drug-likeness (QED) is 0.803. The monoisotopic (exact) mass is 221 g/mol. The number of aliphatic carboxylic acids is 1. The topological polar surface area (TPSA) is 49.3 Å². The van der Waals surface area contributed by atoms with Crippen molar-refractivity contribution in [2.75, 3.05) is 11.9 Å². The van der Waals surface area contributed by atoms with E-state index in [4.69, 9.17) is 5.11 Å². The summed E-state index contributed by atoms with van der Waals surface area (Å²) >= 11 is 0. The zero-order valence-corrected chi connectivity index (χ0v) is 10.1. The van der Waals surface area contributed by atoms with E-state index in [1.165, 1.54) is 11.1 Å². The summed E-state index contributed by atoms with van der Waals surface area (Å²) in [4.78, 5) is 10.5. The number of anilines is 1. The van der Waals surface area contributed by atoms with Crippen LogP contribution in [0.4, 0.5) is 5.69 Å². The summed E-state index contributed by atoms with van der Waals surface area (Å²) in [5, 5.41) is 11.7. The third-order valence-electron chi connectivity index (χ3n) is 2.68. The predicted molar refractivity (Wildman–Crippen MR) is 66.1 cm³/mol. The normalized spacial score (nSPS) is 10.2. The molecule has 1 aromatic rings. The Morgan fingerprint density at radius 3 is 2.50 bits per heavy atom. The van der Waals surface area contributed by atoms with Gasteiger partial charge in [-0.05, 0) is 36.5 Å². The number of carbonyl (C=O) groups is 1. The van der Waals surface area contributed by atoms with Crippen molar-refractivity contribution >= 4 is 11.7 Å². The van der Waals surface area contributed by atoms with Crippen molar-refractivity contribution in [1.82, 2.24) is 0 Å². The Kier molecular flexibility index (Phi) is 4.35. The number of carboxylic acids is 1. The number of aryl methyl sites for hydroxylation is 3. The number of hydrogen-bond acceptors (Lipinski definition) is 2. The summed E-state index contributed by atoms with van der Waals surface area (Å²) in [5.41, 5.74) is 4.59. The van der Waals surface area contributed by atoms with E-state index in [0.29, 0.717) is 0 Å². The molecule has 0 saturated carbocycles. The third-order valence-corrected chi connectivity index (χ3v) is 2.68. The lowest BCUT2D eigenvalue weighted by Gasteiger charge is -2.14. The van der Waals surface area contributed by atoms with Crippen LogP contribution in [0.5, 0.6) is 0 Å². The zero-order chi connectivity index (χ0) is 12.1. The SMILES string of the molecule is CCc1cc(C)c(NCC(=O)O)c(CC)c1. The van der Waals surface area contributed by atoms with Gasteiger partial charge in [0.05, 0.1) is 0 Å². The molecule has 3 nitrogen and oxygen atoms in total. The van der Waals surface area contributed by atoms with Gasteiger partial charge < -0.3 is 10.4 Å². The standard InChI is InChI=1S/C13H19NO2/c1-4-10-6-9(3)13(11(5-2)7-10)14-8-12(15)16/h6-7,14H,4-5,8H2,1-3H3,(H,15,16). The molecule has 1 aromatic carbocycles. The van der Waals surface area contributed by atoms with Crippen LogP contribution >= 0.6 is 0 Å². The van der Waals surface area contributed by atoms with Crippen molar-refractivity contribution in [1.29, 1.82) is 0 Å². The zero-order valence-electron chi connectivity index (χ0n) is 10.1. The first kappa shape index (κ1) is 12.6. The number of carboxylic acid groups (broad SMARTS) is 1. The molecule has 16 heavy (non-hydrogen) atoms. The Hall–Kier alpha value is -1.51. The molecule has 2 N–H and O–H groups in total. The molecule has 0 radical (unpaired) electrons. The van der Waals surface area contributed by atoms with E-state index in [0.717, 1.165) is 24.1 Å². The summed E-state index contributed by atoms with van der Waals surface area (Å²) in [6.45, 7) is 6.19. The Balaban J connectivity index is 3.01. The molecule has 0 aliphatic carbocycles. The largest absolute Gasteiger partial charge is 0.480 e. The summed E-state index contributed by atoms with van der Waals surface area (Å²) in [5.74, 6) is -0.832. The molecule has 0 fully saturated rings. The molecule has 0 saturated heterocycles. The van der Waals surface area contributed by atoms with E-state index in [1.807, 2.05) is 6.92 Å². The van der Waals surface area contributed by atoms with Crippen LogP contribution in [-0.4, -0.2) is 17.6 Å². The molecule has 0 unspecified atom stereocenters. The van der Waals surface area contributed by atoms with Crippen LogP contribution in [0.1, 0.15) is 30.5 Å². The fourth-order valence-corrected chi connectivity index (χ4v) is 1.84. The Morgan fingerprint density at radius 1 is 1.31 bits per heavy atom. The van der Waals surface area contributed by atoms with Crippen molar-refractivity contribution in [2.45, 2.75) is 33.6 Å². The fraction of sp³-hybridized carbons (Fsp3) is 0.462. The van der Waals surface area contributed by atoms with E-state index >= 15 is 0 Å². The van der Waals surface area contributed by atoms with Gasteiger partial charge in [-0.3, -0.25) is 4.79 Å². The average Bonchev–Trinajstić information content (AvgIpc) is 2.26. The van der Waals surface area contributed by atoms with Gasteiger partial charge in [0.15, 0.2) is 0 Å². The van der Waals surface area contributed by atoms with Crippen molar-refractivity contribution in [3.8, 4) is 0 Å². The minimum atomic E-state index is -0.832. The lowest BCUT2D eigenvalue weighted by molar-refractivity contribution is -0.134. The number of benzene rings is 1. The second kappa shape index (κ2) is 5.54. The van der Waals surface area contributed by atoms with Crippen LogP contribution < -0.4 is 5.32 Å². The first-order chi connectivity index (χ1) is 7.58. The van der Waals surface area contributed by atoms with Gasteiger partial charge in [-0.1, -0.05) is 26.0 Å². The summed E-state index contributed by atoms with van der Waals surface area (Å²) < 4.78 is 0.